The smallest absolute Gasteiger partial charge is 0.239 e. The average Bonchev–Trinajstić information content (AvgIpc) is 2.36. The third-order valence-corrected chi connectivity index (χ3v) is 3.57. The second-order valence-corrected chi connectivity index (χ2v) is 5.62. The number of rotatable bonds is 8. The molecule has 0 fully saturated rings. The van der Waals surface area contributed by atoms with Crippen molar-refractivity contribution in [1.29, 1.82) is 0 Å². The van der Waals surface area contributed by atoms with E-state index in [-0.39, 0.29) is 17.4 Å². The molecule has 2 N–H and O–H groups in total. The lowest BCUT2D eigenvalue weighted by atomic mass is 9.92. The Kier molecular flexibility index (Phi) is 7.48. The van der Waals surface area contributed by atoms with Crippen LogP contribution in [-0.4, -0.2) is 54.5 Å². The first-order valence-electron chi connectivity index (χ1n) is 7.05. The number of carbonyl (C=O) groups excluding carboxylic acids is 1. The number of nitrogens with two attached hydrogens (primary N) is 1. The first kappa shape index (κ1) is 17.4. The summed E-state index contributed by atoms with van der Waals surface area (Å²) in [4.78, 5) is 16.4. The Morgan fingerprint density at radius 1 is 1.17 bits per heavy atom. The molecular weight excluding hydrogens is 226 g/mol. The van der Waals surface area contributed by atoms with E-state index < -0.39 is 0 Å². The van der Waals surface area contributed by atoms with Gasteiger partial charge in [-0.3, -0.25) is 9.69 Å². The quantitative estimate of drug-likeness (QED) is 0.718. The van der Waals surface area contributed by atoms with Crippen LogP contribution in [0, 0.1) is 5.41 Å². The number of hydrogen-bond acceptors (Lipinski definition) is 3. The summed E-state index contributed by atoms with van der Waals surface area (Å²) in [6, 6.07) is -0.0688. The van der Waals surface area contributed by atoms with Gasteiger partial charge in [-0.25, -0.2) is 0 Å². The number of hydrogen-bond donors (Lipinski definition) is 1. The minimum absolute atomic E-state index is 0.0494. The fourth-order valence-electron chi connectivity index (χ4n) is 2.09. The average molecular weight is 257 g/mol. The Labute approximate surface area is 113 Å². The fourth-order valence-corrected chi connectivity index (χ4v) is 2.09. The van der Waals surface area contributed by atoms with Gasteiger partial charge in [-0.15, -0.1) is 0 Å². The molecule has 0 aromatic heterocycles. The van der Waals surface area contributed by atoms with E-state index in [4.69, 9.17) is 5.73 Å². The van der Waals surface area contributed by atoms with E-state index in [1.165, 1.54) is 0 Å². The molecule has 0 aromatic rings. The van der Waals surface area contributed by atoms with E-state index in [1.807, 2.05) is 25.7 Å². The van der Waals surface area contributed by atoms with Crippen LogP contribution >= 0.6 is 0 Å². The van der Waals surface area contributed by atoms with Crippen LogP contribution in [0.3, 0.4) is 0 Å². The molecule has 0 aromatic carbocycles. The van der Waals surface area contributed by atoms with Crippen molar-refractivity contribution in [2.45, 2.75) is 47.6 Å². The molecule has 4 heteroatoms. The zero-order chi connectivity index (χ0) is 14.3. The van der Waals surface area contributed by atoms with Crippen molar-refractivity contribution < 1.29 is 4.79 Å². The number of amides is 1. The summed E-state index contributed by atoms with van der Waals surface area (Å²) in [6.07, 6.45) is 0. The van der Waals surface area contributed by atoms with Crippen LogP contribution in [-0.2, 0) is 4.79 Å². The Morgan fingerprint density at radius 3 is 2.00 bits per heavy atom. The van der Waals surface area contributed by atoms with E-state index >= 15 is 0 Å². The first-order valence-corrected chi connectivity index (χ1v) is 7.05. The Morgan fingerprint density at radius 2 is 1.67 bits per heavy atom. The zero-order valence-electron chi connectivity index (χ0n) is 13.0. The van der Waals surface area contributed by atoms with Crippen molar-refractivity contribution in [2.75, 3.05) is 32.7 Å². The number of likely N-dealkylation sites (N-methyl/N-ethyl adjacent to an activating group) is 2. The molecule has 0 bridgehead atoms. The SMILES string of the molecule is CCN(CC)C(=O)C(C)N(CC)CC(C)(C)CN. The van der Waals surface area contributed by atoms with Crippen molar-refractivity contribution in [1.82, 2.24) is 9.80 Å². The van der Waals surface area contributed by atoms with E-state index in [0.29, 0.717) is 6.54 Å². The predicted molar refractivity (Wildman–Crippen MR) is 77.5 cm³/mol. The Hall–Kier alpha value is -0.610. The third-order valence-electron chi connectivity index (χ3n) is 3.57. The summed E-state index contributed by atoms with van der Waals surface area (Å²) in [7, 11) is 0. The van der Waals surface area contributed by atoms with Crippen molar-refractivity contribution in [3.05, 3.63) is 0 Å². The molecule has 0 spiro atoms. The summed E-state index contributed by atoms with van der Waals surface area (Å²) in [5, 5.41) is 0. The summed E-state index contributed by atoms with van der Waals surface area (Å²) in [5.74, 6) is 0.217. The highest BCUT2D eigenvalue weighted by Crippen LogP contribution is 2.17. The minimum atomic E-state index is -0.0688. The lowest BCUT2D eigenvalue weighted by Crippen LogP contribution is -2.50. The van der Waals surface area contributed by atoms with Crippen molar-refractivity contribution in [3.63, 3.8) is 0 Å². The minimum Gasteiger partial charge on any atom is -0.342 e. The maximum Gasteiger partial charge on any atom is 0.239 e. The highest BCUT2D eigenvalue weighted by Gasteiger charge is 2.28. The molecule has 0 saturated carbocycles. The largest absolute Gasteiger partial charge is 0.342 e. The van der Waals surface area contributed by atoms with Crippen LogP contribution in [0.15, 0.2) is 0 Å². The summed E-state index contributed by atoms with van der Waals surface area (Å²) < 4.78 is 0. The topological polar surface area (TPSA) is 49.6 Å². The molecule has 0 aliphatic rings. The van der Waals surface area contributed by atoms with Gasteiger partial charge in [0.25, 0.3) is 0 Å². The summed E-state index contributed by atoms with van der Waals surface area (Å²) in [6.45, 7) is 16.3. The third kappa shape index (κ3) is 4.94. The van der Waals surface area contributed by atoms with E-state index in [2.05, 4.69) is 25.7 Å². The number of carbonyl (C=O) groups is 1. The molecule has 0 rings (SSSR count). The van der Waals surface area contributed by atoms with E-state index in [0.717, 1.165) is 26.2 Å². The van der Waals surface area contributed by atoms with Gasteiger partial charge in [-0.2, -0.15) is 0 Å². The van der Waals surface area contributed by atoms with Crippen molar-refractivity contribution >= 4 is 5.91 Å². The molecule has 1 unspecified atom stereocenters. The summed E-state index contributed by atoms with van der Waals surface area (Å²) >= 11 is 0. The first-order chi connectivity index (χ1) is 8.32. The fraction of sp³-hybridized carbons (Fsp3) is 0.929. The summed E-state index contributed by atoms with van der Waals surface area (Å²) in [5.41, 5.74) is 5.83. The Balaban J connectivity index is 4.70. The van der Waals surface area contributed by atoms with Gasteiger partial charge in [0.05, 0.1) is 6.04 Å². The molecule has 0 aliphatic heterocycles. The Bertz CT molecular complexity index is 249. The van der Waals surface area contributed by atoms with Crippen molar-refractivity contribution in [3.8, 4) is 0 Å². The normalized spacial score (nSPS) is 13.8. The number of nitrogens with zero attached hydrogens (tertiary/aromatic N) is 2. The monoisotopic (exact) mass is 257 g/mol. The van der Waals surface area contributed by atoms with Gasteiger partial charge >= 0.3 is 0 Å². The molecule has 108 valence electrons. The molecule has 0 aliphatic carbocycles. The van der Waals surface area contributed by atoms with Crippen LogP contribution in [0.1, 0.15) is 41.5 Å². The van der Waals surface area contributed by atoms with Gasteiger partial charge in [-0.1, -0.05) is 20.8 Å². The zero-order valence-corrected chi connectivity index (χ0v) is 13.0. The molecule has 0 saturated heterocycles. The molecule has 4 nitrogen and oxygen atoms in total. The lowest BCUT2D eigenvalue weighted by molar-refractivity contribution is -0.136. The second-order valence-electron chi connectivity index (χ2n) is 5.62. The van der Waals surface area contributed by atoms with Crippen LogP contribution in [0.5, 0.6) is 0 Å². The van der Waals surface area contributed by atoms with Crippen molar-refractivity contribution in [2.24, 2.45) is 11.1 Å². The van der Waals surface area contributed by atoms with E-state index in [9.17, 15) is 4.79 Å². The maximum atomic E-state index is 12.3. The molecule has 1 atom stereocenters. The molecule has 0 radical (unpaired) electrons. The van der Waals surface area contributed by atoms with Crippen LogP contribution in [0.25, 0.3) is 0 Å². The van der Waals surface area contributed by atoms with Gasteiger partial charge in [0.2, 0.25) is 5.91 Å². The highest BCUT2D eigenvalue weighted by atomic mass is 16.2. The van der Waals surface area contributed by atoms with Crippen LogP contribution < -0.4 is 5.73 Å². The second kappa shape index (κ2) is 7.74. The van der Waals surface area contributed by atoms with Gasteiger partial charge in [0.1, 0.15) is 0 Å². The van der Waals surface area contributed by atoms with Crippen LogP contribution in [0.4, 0.5) is 0 Å². The molecular formula is C14H31N3O. The van der Waals surface area contributed by atoms with Crippen LogP contribution in [0.2, 0.25) is 0 Å². The highest BCUT2D eigenvalue weighted by molar-refractivity contribution is 5.81. The maximum absolute atomic E-state index is 12.3. The lowest BCUT2D eigenvalue weighted by Gasteiger charge is -2.36. The van der Waals surface area contributed by atoms with E-state index in [1.54, 1.807) is 0 Å². The van der Waals surface area contributed by atoms with Gasteiger partial charge in [0.15, 0.2) is 0 Å². The molecule has 18 heavy (non-hydrogen) atoms. The predicted octanol–water partition coefficient (Wildman–Crippen LogP) is 1.55. The standard InChI is InChI=1S/C14H31N3O/c1-7-16(8-2)13(18)12(4)17(9-3)11-14(5,6)10-15/h12H,7-11,15H2,1-6H3. The molecule has 1 amide bonds. The van der Waals surface area contributed by atoms with Gasteiger partial charge in [-0.05, 0) is 39.3 Å². The van der Waals surface area contributed by atoms with Gasteiger partial charge in [0, 0.05) is 19.6 Å². The molecule has 0 heterocycles. The van der Waals surface area contributed by atoms with Gasteiger partial charge < -0.3 is 10.6 Å².